The summed E-state index contributed by atoms with van der Waals surface area (Å²) in [6.45, 7) is 2.17. The van der Waals surface area contributed by atoms with Gasteiger partial charge in [0.15, 0.2) is 0 Å². The second kappa shape index (κ2) is 6.37. The number of aromatic nitrogens is 1. The molecule has 1 aromatic heterocycles. The molecule has 0 radical (unpaired) electrons. The van der Waals surface area contributed by atoms with Crippen LogP contribution >= 0.6 is 15.9 Å². The first-order valence-electron chi connectivity index (χ1n) is 6.93. The van der Waals surface area contributed by atoms with Gasteiger partial charge in [-0.15, -0.1) is 0 Å². The maximum atomic E-state index is 12.6. The van der Waals surface area contributed by atoms with Crippen molar-refractivity contribution in [2.24, 2.45) is 0 Å². The number of nitrogens with one attached hydrogen (secondary N) is 1. The molecule has 1 aliphatic rings. The summed E-state index contributed by atoms with van der Waals surface area (Å²) in [6, 6.07) is 11.7. The van der Waals surface area contributed by atoms with Gasteiger partial charge in [0, 0.05) is 36.5 Å². The average Bonchev–Trinajstić information content (AvgIpc) is 2.56. The lowest BCUT2D eigenvalue weighted by molar-refractivity contribution is 0.0702. The molecule has 1 saturated heterocycles. The quantitative estimate of drug-likeness (QED) is 0.909. The van der Waals surface area contributed by atoms with Crippen LogP contribution in [-0.4, -0.2) is 35.4 Å². The summed E-state index contributed by atoms with van der Waals surface area (Å²) in [5.74, 6) is 0.0675. The lowest BCUT2D eigenvalue weighted by Crippen LogP contribution is -2.48. The van der Waals surface area contributed by atoms with E-state index >= 15 is 0 Å². The Morgan fingerprint density at radius 1 is 1.29 bits per heavy atom. The average molecular weight is 346 g/mol. The highest BCUT2D eigenvalue weighted by atomic mass is 79.9. The number of hydrogen-bond acceptors (Lipinski definition) is 3. The Labute approximate surface area is 132 Å². The van der Waals surface area contributed by atoms with Crippen LogP contribution < -0.4 is 5.32 Å². The van der Waals surface area contributed by atoms with E-state index < -0.39 is 0 Å². The number of rotatable bonds is 2. The lowest BCUT2D eigenvalue weighted by atomic mass is 10.1. The van der Waals surface area contributed by atoms with Crippen molar-refractivity contribution in [3.05, 3.63) is 64.4 Å². The monoisotopic (exact) mass is 345 g/mol. The summed E-state index contributed by atoms with van der Waals surface area (Å²) in [7, 11) is 0. The second-order valence-electron chi connectivity index (χ2n) is 5.02. The highest BCUT2D eigenvalue weighted by Crippen LogP contribution is 2.21. The highest BCUT2D eigenvalue weighted by Gasteiger charge is 2.25. The minimum atomic E-state index is 0.0675. The Kier molecular flexibility index (Phi) is 4.31. The fourth-order valence-electron chi connectivity index (χ4n) is 2.54. The number of amides is 1. The normalized spacial score (nSPS) is 18.5. The molecule has 5 heteroatoms. The minimum Gasteiger partial charge on any atom is -0.335 e. The number of piperazine rings is 1. The third kappa shape index (κ3) is 3.14. The van der Waals surface area contributed by atoms with E-state index in [1.807, 2.05) is 47.5 Å². The molecule has 1 amide bonds. The smallest absolute Gasteiger partial charge is 0.255 e. The number of nitrogens with zero attached hydrogens (tertiary/aromatic N) is 2. The molecular weight excluding hydrogens is 330 g/mol. The van der Waals surface area contributed by atoms with Gasteiger partial charge in [-0.25, -0.2) is 0 Å². The van der Waals surface area contributed by atoms with Gasteiger partial charge in [0.1, 0.15) is 0 Å². The van der Waals surface area contributed by atoms with Gasteiger partial charge >= 0.3 is 0 Å². The van der Waals surface area contributed by atoms with E-state index in [4.69, 9.17) is 0 Å². The third-order valence-electron chi connectivity index (χ3n) is 3.65. The second-order valence-corrected chi connectivity index (χ2v) is 5.88. The van der Waals surface area contributed by atoms with E-state index in [2.05, 4.69) is 26.2 Å². The predicted molar refractivity (Wildman–Crippen MR) is 85.0 cm³/mol. The fourth-order valence-corrected chi connectivity index (χ4v) is 3.00. The van der Waals surface area contributed by atoms with Crippen LogP contribution in [0.5, 0.6) is 0 Å². The Balaban J connectivity index is 1.77. The van der Waals surface area contributed by atoms with Crippen molar-refractivity contribution in [2.45, 2.75) is 6.04 Å². The Morgan fingerprint density at radius 2 is 2.14 bits per heavy atom. The van der Waals surface area contributed by atoms with Crippen molar-refractivity contribution in [1.29, 1.82) is 0 Å². The predicted octanol–water partition coefficient (Wildman–Crippen LogP) is 2.63. The summed E-state index contributed by atoms with van der Waals surface area (Å²) in [4.78, 5) is 18.7. The van der Waals surface area contributed by atoms with Crippen molar-refractivity contribution in [3.63, 3.8) is 0 Å². The van der Waals surface area contributed by atoms with Crippen molar-refractivity contribution in [3.8, 4) is 0 Å². The van der Waals surface area contributed by atoms with Gasteiger partial charge < -0.3 is 10.2 Å². The van der Waals surface area contributed by atoms with Crippen LogP contribution in [0.1, 0.15) is 22.0 Å². The van der Waals surface area contributed by atoms with E-state index in [0.717, 1.165) is 23.1 Å². The molecule has 4 nitrogen and oxygen atoms in total. The van der Waals surface area contributed by atoms with Gasteiger partial charge in [0.2, 0.25) is 0 Å². The number of halogens is 1. The van der Waals surface area contributed by atoms with Crippen molar-refractivity contribution in [2.75, 3.05) is 19.6 Å². The molecule has 2 heterocycles. The van der Waals surface area contributed by atoms with Crippen LogP contribution in [0.15, 0.2) is 53.3 Å². The lowest BCUT2D eigenvalue weighted by Gasteiger charge is -2.34. The summed E-state index contributed by atoms with van der Waals surface area (Å²) in [6.07, 6.45) is 3.61. The van der Waals surface area contributed by atoms with Gasteiger partial charge in [0.25, 0.3) is 5.91 Å². The highest BCUT2D eigenvalue weighted by molar-refractivity contribution is 9.10. The van der Waals surface area contributed by atoms with Gasteiger partial charge in [0.05, 0.1) is 11.6 Å². The first kappa shape index (κ1) is 14.2. The first-order valence-corrected chi connectivity index (χ1v) is 7.72. The Bertz CT molecular complexity index is 632. The van der Waals surface area contributed by atoms with Crippen LogP contribution in [0.2, 0.25) is 0 Å². The molecule has 0 spiro atoms. The largest absolute Gasteiger partial charge is 0.335 e. The SMILES string of the molecule is O=C(c1ccccc1Br)N1CCNC(c2cccnc2)C1. The number of carbonyl (C=O) groups is 1. The molecule has 21 heavy (non-hydrogen) atoms. The van der Waals surface area contributed by atoms with Crippen LogP contribution in [-0.2, 0) is 0 Å². The fraction of sp³-hybridized carbons (Fsp3) is 0.250. The molecule has 1 atom stereocenters. The molecule has 1 aromatic carbocycles. The standard InChI is InChI=1S/C16H16BrN3O/c17-14-6-2-1-5-13(14)16(21)20-9-8-19-15(11-20)12-4-3-7-18-10-12/h1-7,10,15,19H,8-9,11H2. The molecule has 108 valence electrons. The maximum absolute atomic E-state index is 12.6. The summed E-state index contributed by atoms with van der Waals surface area (Å²) in [5.41, 5.74) is 1.83. The minimum absolute atomic E-state index is 0.0675. The molecule has 1 fully saturated rings. The van der Waals surface area contributed by atoms with E-state index in [0.29, 0.717) is 12.1 Å². The Hall–Kier alpha value is -1.72. The number of hydrogen-bond donors (Lipinski definition) is 1. The number of benzene rings is 1. The van der Waals surface area contributed by atoms with Gasteiger partial charge in [-0.05, 0) is 39.7 Å². The van der Waals surface area contributed by atoms with Crippen LogP contribution in [0.25, 0.3) is 0 Å². The van der Waals surface area contributed by atoms with E-state index in [1.165, 1.54) is 0 Å². The summed E-state index contributed by atoms with van der Waals surface area (Å²) in [5, 5.41) is 3.44. The number of carbonyl (C=O) groups excluding carboxylic acids is 1. The first-order chi connectivity index (χ1) is 10.3. The molecular formula is C16H16BrN3O. The van der Waals surface area contributed by atoms with Crippen molar-refractivity contribution >= 4 is 21.8 Å². The topological polar surface area (TPSA) is 45.2 Å². The van der Waals surface area contributed by atoms with E-state index in [9.17, 15) is 4.79 Å². The zero-order chi connectivity index (χ0) is 14.7. The molecule has 0 aliphatic carbocycles. The molecule has 1 aliphatic heterocycles. The summed E-state index contributed by atoms with van der Waals surface area (Å²) >= 11 is 3.45. The zero-order valence-corrected chi connectivity index (χ0v) is 13.1. The molecule has 1 N–H and O–H groups in total. The molecule has 1 unspecified atom stereocenters. The molecule has 3 rings (SSSR count). The van der Waals surface area contributed by atoms with E-state index in [-0.39, 0.29) is 11.9 Å². The molecule has 0 bridgehead atoms. The Morgan fingerprint density at radius 3 is 2.90 bits per heavy atom. The van der Waals surface area contributed by atoms with E-state index in [1.54, 1.807) is 6.20 Å². The maximum Gasteiger partial charge on any atom is 0.255 e. The van der Waals surface area contributed by atoms with Gasteiger partial charge in [-0.3, -0.25) is 9.78 Å². The van der Waals surface area contributed by atoms with Crippen LogP contribution in [0.3, 0.4) is 0 Å². The van der Waals surface area contributed by atoms with Gasteiger partial charge in [-0.2, -0.15) is 0 Å². The zero-order valence-electron chi connectivity index (χ0n) is 11.5. The summed E-state index contributed by atoms with van der Waals surface area (Å²) < 4.78 is 0.839. The molecule has 0 saturated carbocycles. The third-order valence-corrected chi connectivity index (χ3v) is 4.35. The van der Waals surface area contributed by atoms with Crippen LogP contribution in [0.4, 0.5) is 0 Å². The van der Waals surface area contributed by atoms with Crippen LogP contribution in [0, 0.1) is 0 Å². The number of pyridine rings is 1. The van der Waals surface area contributed by atoms with Crippen molar-refractivity contribution in [1.82, 2.24) is 15.2 Å². The molecule has 2 aromatic rings. The van der Waals surface area contributed by atoms with Crippen molar-refractivity contribution < 1.29 is 4.79 Å². The van der Waals surface area contributed by atoms with Gasteiger partial charge in [-0.1, -0.05) is 18.2 Å².